The van der Waals surface area contributed by atoms with E-state index in [9.17, 15) is 0 Å². The molecule has 0 aliphatic rings. The molecule has 7 heteroatoms. The van der Waals surface area contributed by atoms with Crippen molar-refractivity contribution in [3.8, 4) is 0 Å². The molecular formula is C15H19ClN6. The molecule has 0 aromatic carbocycles. The quantitative estimate of drug-likeness (QED) is 0.752. The third-order valence-corrected chi connectivity index (χ3v) is 4.01. The van der Waals surface area contributed by atoms with Gasteiger partial charge in [-0.3, -0.25) is 4.98 Å². The molecule has 0 spiro atoms. The standard InChI is InChI=1S/C15H19ClN6/c1-7-5-19-11(8(2)13(7)16)6-20-14-12(9(3)17)10(4)21-15(18)22-14/h5,17H,6H2,1-4H3,(H3,18,20,21,22). The zero-order valence-corrected chi connectivity index (χ0v) is 13.8. The number of rotatable bonds is 4. The highest BCUT2D eigenvalue weighted by Gasteiger charge is 2.14. The van der Waals surface area contributed by atoms with Gasteiger partial charge in [0.05, 0.1) is 23.5 Å². The average molecular weight is 319 g/mol. The molecule has 0 unspecified atom stereocenters. The van der Waals surface area contributed by atoms with E-state index in [1.165, 1.54) is 0 Å². The van der Waals surface area contributed by atoms with E-state index in [4.69, 9.17) is 22.7 Å². The summed E-state index contributed by atoms with van der Waals surface area (Å²) in [5, 5.41) is 11.8. The summed E-state index contributed by atoms with van der Waals surface area (Å²) in [6, 6.07) is 0. The highest BCUT2D eigenvalue weighted by Crippen LogP contribution is 2.23. The first-order valence-corrected chi connectivity index (χ1v) is 7.23. The van der Waals surface area contributed by atoms with Gasteiger partial charge in [-0.15, -0.1) is 0 Å². The lowest BCUT2D eigenvalue weighted by Crippen LogP contribution is -2.13. The zero-order valence-electron chi connectivity index (χ0n) is 13.1. The van der Waals surface area contributed by atoms with Crippen LogP contribution < -0.4 is 11.1 Å². The maximum Gasteiger partial charge on any atom is 0.222 e. The minimum Gasteiger partial charge on any atom is -0.368 e. The molecule has 2 aromatic rings. The Kier molecular flexibility index (Phi) is 4.61. The van der Waals surface area contributed by atoms with Crippen molar-refractivity contribution in [1.82, 2.24) is 15.0 Å². The first kappa shape index (κ1) is 16.2. The number of nitrogens with one attached hydrogen (secondary N) is 2. The Hall–Kier alpha value is -2.21. The van der Waals surface area contributed by atoms with Crippen molar-refractivity contribution < 1.29 is 0 Å². The van der Waals surface area contributed by atoms with Crippen LogP contribution in [0.1, 0.15) is 35.0 Å². The molecule has 0 aliphatic heterocycles. The van der Waals surface area contributed by atoms with E-state index < -0.39 is 0 Å². The number of hydrogen-bond donors (Lipinski definition) is 3. The minimum absolute atomic E-state index is 0.177. The number of anilines is 2. The Labute approximate surface area is 134 Å². The number of aromatic nitrogens is 3. The molecule has 0 radical (unpaired) electrons. The van der Waals surface area contributed by atoms with Crippen molar-refractivity contribution in [2.75, 3.05) is 11.1 Å². The number of pyridine rings is 1. The van der Waals surface area contributed by atoms with Gasteiger partial charge in [0.1, 0.15) is 5.82 Å². The molecule has 4 N–H and O–H groups in total. The molecular weight excluding hydrogens is 300 g/mol. The summed E-state index contributed by atoms with van der Waals surface area (Å²) in [4.78, 5) is 12.7. The van der Waals surface area contributed by atoms with E-state index in [1.54, 1.807) is 13.1 Å². The zero-order chi connectivity index (χ0) is 16.4. The number of nitrogen functional groups attached to an aromatic ring is 1. The summed E-state index contributed by atoms with van der Waals surface area (Å²) in [6.07, 6.45) is 1.74. The molecule has 0 aliphatic carbocycles. The van der Waals surface area contributed by atoms with Crippen molar-refractivity contribution >= 4 is 29.1 Å². The monoisotopic (exact) mass is 318 g/mol. The van der Waals surface area contributed by atoms with E-state index in [-0.39, 0.29) is 5.95 Å². The van der Waals surface area contributed by atoms with Crippen LogP contribution in [0.15, 0.2) is 6.20 Å². The van der Waals surface area contributed by atoms with Crippen molar-refractivity contribution in [3.05, 3.63) is 39.3 Å². The van der Waals surface area contributed by atoms with Gasteiger partial charge in [-0.2, -0.15) is 4.98 Å². The third kappa shape index (κ3) is 3.17. The van der Waals surface area contributed by atoms with Crippen LogP contribution in [0, 0.1) is 26.2 Å². The van der Waals surface area contributed by atoms with Crippen molar-refractivity contribution in [3.63, 3.8) is 0 Å². The Bertz CT molecular complexity index is 741. The summed E-state index contributed by atoms with van der Waals surface area (Å²) in [5.41, 5.74) is 10.1. The van der Waals surface area contributed by atoms with Gasteiger partial charge < -0.3 is 16.5 Å². The highest BCUT2D eigenvalue weighted by atomic mass is 35.5. The number of halogens is 1. The lowest BCUT2D eigenvalue weighted by Gasteiger charge is -2.14. The molecule has 0 saturated carbocycles. The summed E-state index contributed by atoms with van der Waals surface area (Å²) in [6.45, 7) is 7.80. The second-order valence-electron chi connectivity index (χ2n) is 5.20. The largest absolute Gasteiger partial charge is 0.368 e. The van der Waals surface area contributed by atoms with Crippen LogP contribution in [0.2, 0.25) is 5.02 Å². The maximum absolute atomic E-state index is 7.88. The van der Waals surface area contributed by atoms with Crippen molar-refractivity contribution in [1.29, 1.82) is 5.41 Å². The van der Waals surface area contributed by atoms with Crippen LogP contribution in [0.25, 0.3) is 0 Å². The first-order valence-electron chi connectivity index (χ1n) is 6.85. The molecule has 0 fully saturated rings. The first-order chi connectivity index (χ1) is 10.3. The summed E-state index contributed by atoms with van der Waals surface area (Å²) >= 11 is 6.25. The topological polar surface area (TPSA) is 101 Å². The molecule has 0 saturated heterocycles. The van der Waals surface area contributed by atoms with E-state index in [0.29, 0.717) is 34.4 Å². The van der Waals surface area contributed by atoms with Gasteiger partial charge in [0.25, 0.3) is 0 Å². The van der Waals surface area contributed by atoms with E-state index in [2.05, 4.69) is 20.3 Å². The average Bonchev–Trinajstić information content (AvgIpc) is 2.42. The predicted molar refractivity (Wildman–Crippen MR) is 89.7 cm³/mol. The SMILES string of the molecule is CC(=N)c1c(C)nc(N)nc1NCc1ncc(C)c(Cl)c1C. The minimum atomic E-state index is 0.177. The Balaban J connectivity index is 2.33. The molecule has 6 nitrogen and oxygen atoms in total. The molecule has 22 heavy (non-hydrogen) atoms. The van der Waals surface area contributed by atoms with Crippen LogP contribution in [0.5, 0.6) is 0 Å². The van der Waals surface area contributed by atoms with Gasteiger partial charge in [0, 0.05) is 16.9 Å². The summed E-state index contributed by atoms with van der Waals surface area (Å²) < 4.78 is 0. The fraction of sp³-hybridized carbons (Fsp3) is 0.333. The van der Waals surface area contributed by atoms with E-state index in [1.807, 2.05) is 20.8 Å². The van der Waals surface area contributed by atoms with Gasteiger partial charge >= 0.3 is 0 Å². The number of aryl methyl sites for hydroxylation is 2. The smallest absolute Gasteiger partial charge is 0.222 e. The van der Waals surface area contributed by atoms with Crippen LogP contribution in [0.4, 0.5) is 11.8 Å². The Morgan fingerprint density at radius 3 is 2.64 bits per heavy atom. The van der Waals surface area contributed by atoms with Gasteiger partial charge in [0.2, 0.25) is 5.95 Å². The Morgan fingerprint density at radius 1 is 1.32 bits per heavy atom. The molecule has 2 rings (SSSR count). The van der Waals surface area contributed by atoms with Gasteiger partial charge in [0.15, 0.2) is 0 Å². The molecule has 0 bridgehead atoms. The fourth-order valence-electron chi connectivity index (χ4n) is 2.27. The van der Waals surface area contributed by atoms with E-state index in [0.717, 1.165) is 16.8 Å². The van der Waals surface area contributed by atoms with Gasteiger partial charge in [-0.25, -0.2) is 4.98 Å². The number of hydrogen-bond acceptors (Lipinski definition) is 6. The van der Waals surface area contributed by atoms with Crippen LogP contribution in [-0.4, -0.2) is 20.7 Å². The van der Waals surface area contributed by atoms with Crippen LogP contribution in [0.3, 0.4) is 0 Å². The molecule has 0 amide bonds. The number of nitrogens with zero attached hydrogens (tertiary/aromatic N) is 3. The van der Waals surface area contributed by atoms with Crippen molar-refractivity contribution in [2.24, 2.45) is 0 Å². The lowest BCUT2D eigenvalue weighted by atomic mass is 10.1. The second kappa shape index (κ2) is 6.27. The predicted octanol–water partition coefficient (Wildman–Crippen LogP) is 3.03. The Morgan fingerprint density at radius 2 is 2.00 bits per heavy atom. The molecule has 0 atom stereocenters. The van der Waals surface area contributed by atoms with Gasteiger partial charge in [-0.1, -0.05) is 11.6 Å². The lowest BCUT2D eigenvalue weighted by molar-refractivity contribution is 0.986. The van der Waals surface area contributed by atoms with Crippen LogP contribution in [-0.2, 0) is 6.54 Å². The summed E-state index contributed by atoms with van der Waals surface area (Å²) in [7, 11) is 0. The highest BCUT2D eigenvalue weighted by molar-refractivity contribution is 6.32. The molecule has 2 aromatic heterocycles. The van der Waals surface area contributed by atoms with Crippen LogP contribution >= 0.6 is 11.6 Å². The maximum atomic E-state index is 7.88. The third-order valence-electron chi connectivity index (χ3n) is 3.43. The molecule has 116 valence electrons. The fourth-order valence-corrected chi connectivity index (χ4v) is 2.43. The summed E-state index contributed by atoms with van der Waals surface area (Å²) in [5.74, 6) is 0.715. The second-order valence-corrected chi connectivity index (χ2v) is 5.57. The number of nitrogens with two attached hydrogens (primary N) is 1. The van der Waals surface area contributed by atoms with Gasteiger partial charge in [-0.05, 0) is 38.8 Å². The normalized spacial score (nSPS) is 10.6. The molecule has 2 heterocycles. The van der Waals surface area contributed by atoms with E-state index >= 15 is 0 Å². The van der Waals surface area contributed by atoms with Crippen molar-refractivity contribution in [2.45, 2.75) is 34.2 Å².